The molecule has 3 N–H and O–H groups in total. The molecule has 0 aromatic rings. The molecular weight excluding hydrogens is 290 g/mol. The monoisotopic (exact) mass is 323 g/mol. The van der Waals surface area contributed by atoms with Crippen molar-refractivity contribution in [3.8, 4) is 0 Å². The van der Waals surface area contributed by atoms with Gasteiger partial charge in [-0.15, -0.1) is 0 Å². The fourth-order valence-corrected chi connectivity index (χ4v) is 4.56. The Morgan fingerprint density at radius 1 is 1.26 bits per heavy atom. The molecule has 4 atom stereocenters. The predicted molar refractivity (Wildman–Crippen MR) is 92.6 cm³/mol. The smallest absolute Gasteiger partial charge is 0.191 e. The lowest BCUT2D eigenvalue weighted by molar-refractivity contribution is -0.168. The fourth-order valence-electron chi connectivity index (χ4n) is 4.56. The van der Waals surface area contributed by atoms with Gasteiger partial charge in [-0.05, 0) is 46.0 Å². The summed E-state index contributed by atoms with van der Waals surface area (Å²) in [5.74, 6) is 1.25. The van der Waals surface area contributed by atoms with Crippen LogP contribution >= 0.6 is 0 Å². The molecule has 0 aromatic heterocycles. The number of aliphatic imine (C=N–C) groups is 1. The molecule has 5 nitrogen and oxygen atoms in total. The summed E-state index contributed by atoms with van der Waals surface area (Å²) in [5, 5.41) is 17.0. The van der Waals surface area contributed by atoms with Crippen molar-refractivity contribution in [3.05, 3.63) is 0 Å². The zero-order valence-electron chi connectivity index (χ0n) is 14.7. The molecular formula is C18H33N3O2. The molecule has 3 rings (SSSR count). The molecule has 3 fully saturated rings. The van der Waals surface area contributed by atoms with Crippen molar-refractivity contribution in [3.63, 3.8) is 0 Å². The summed E-state index contributed by atoms with van der Waals surface area (Å²) in [6, 6.07) is 0.485. The number of nitrogens with one attached hydrogen (secondary N) is 2. The normalized spacial score (nSPS) is 35.7. The van der Waals surface area contributed by atoms with E-state index in [1.807, 2.05) is 0 Å². The van der Waals surface area contributed by atoms with Gasteiger partial charge >= 0.3 is 0 Å². The summed E-state index contributed by atoms with van der Waals surface area (Å²) in [5.41, 5.74) is 0.346. The van der Waals surface area contributed by atoms with Gasteiger partial charge in [-0.1, -0.05) is 12.8 Å². The maximum absolute atomic E-state index is 9.97. The first-order chi connectivity index (χ1) is 11.2. The predicted octanol–water partition coefficient (Wildman–Crippen LogP) is 2.05. The van der Waals surface area contributed by atoms with E-state index in [-0.39, 0.29) is 6.10 Å². The highest BCUT2D eigenvalue weighted by Crippen LogP contribution is 2.57. The van der Waals surface area contributed by atoms with Crippen LogP contribution in [0, 0.1) is 11.3 Å². The van der Waals surface area contributed by atoms with Crippen molar-refractivity contribution < 1.29 is 9.84 Å². The molecule has 0 aliphatic heterocycles. The first-order valence-corrected chi connectivity index (χ1v) is 9.54. The first kappa shape index (κ1) is 17.0. The van der Waals surface area contributed by atoms with Crippen molar-refractivity contribution in [1.29, 1.82) is 0 Å². The second-order valence-corrected chi connectivity index (χ2v) is 7.44. The van der Waals surface area contributed by atoms with Gasteiger partial charge in [0.25, 0.3) is 0 Å². The van der Waals surface area contributed by atoms with Gasteiger partial charge in [0.05, 0.1) is 12.2 Å². The van der Waals surface area contributed by atoms with Crippen LogP contribution in [-0.2, 0) is 4.74 Å². The average Bonchev–Trinajstić information content (AvgIpc) is 2.87. The average molecular weight is 323 g/mol. The molecule has 3 saturated carbocycles. The van der Waals surface area contributed by atoms with E-state index in [2.05, 4.69) is 24.5 Å². The third-order valence-corrected chi connectivity index (χ3v) is 6.20. The zero-order chi connectivity index (χ0) is 16.3. The Hall–Kier alpha value is -0.810. The minimum absolute atomic E-state index is 0.161. The van der Waals surface area contributed by atoms with Gasteiger partial charge in [-0.2, -0.15) is 0 Å². The van der Waals surface area contributed by atoms with Crippen LogP contribution in [0.5, 0.6) is 0 Å². The van der Waals surface area contributed by atoms with Gasteiger partial charge in [-0.25, -0.2) is 0 Å². The molecule has 0 saturated heterocycles. The van der Waals surface area contributed by atoms with E-state index < -0.39 is 0 Å². The second-order valence-electron chi connectivity index (χ2n) is 7.44. The summed E-state index contributed by atoms with van der Waals surface area (Å²) < 4.78 is 5.93. The van der Waals surface area contributed by atoms with Crippen LogP contribution < -0.4 is 10.6 Å². The van der Waals surface area contributed by atoms with Crippen LogP contribution in [0.1, 0.15) is 58.8 Å². The Kier molecular flexibility index (Phi) is 5.47. The number of ether oxygens (including phenoxy) is 1. The van der Waals surface area contributed by atoms with E-state index in [9.17, 15) is 5.11 Å². The van der Waals surface area contributed by atoms with Gasteiger partial charge in [-0.3, -0.25) is 4.99 Å². The number of guanidine groups is 1. The molecule has 3 aliphatic rings. The Bertz CT molecular complexity index is 422. The number of hydrogen-bond acceptors (Lipinski definition) is 3. The van der Waals surface area contributed by atoms with E-state index in [1.165, 1.54) is 19.3 Å². The second kappa shape index (κ2) is 7.39. The maximum atomic E-state index is 9.97. The van der Waals surface area contributed by atoms with Crippen LogP contribution in [0.3, 0.4) is 0 Å². The molecule has 0 aromatic carbocycles. The molecule has 23 heavy (non-hydrogen) atoms. The van der Waals surface area contributed by atoms with Crippen molar-refractivity contribution in [2.24, 2.45) is 16.3 Å². The summed E-state index contributed by atoms with van der Waals surface area (Å²) >= 11 is 0. The van der Waals surface area contributed by atoms with Crippen LogP contribution in [0.15, 0.2) is 4.99 Å². The summed E-state index contributed by atoms with van der Waals surface area (Å²) in [4.78, 5) is 4.76. The Balaban J connectivity index is 1.57. The quantitative estimate of drug-likeness (QED) is 0.517. The molecule has 132 valence electrons. The topological polar surface area (TPSA) is 65.9 Å². The highest BCUT2D eigenvalue weighted by atomic mass is 16.5. The maximum Gasteiger partial charge on any atom is 0.191 e. The number of nitrogens with zero attached hydrogens (tertiary/aromatic N) is 1. The molecule has 5 heteroatoms. The molecule has 3 aliphatic carbocycles. The first-order valence-electron chi connectivity index (χ1n) is 9.54. The van der Waals surface area contributed by atoms with Crippen molar-refractivity contribution >= 4 is 5.96 Å². The number of hydrogen-bond donors (Lipinski definition) is 3. The third kappa shape index (κ3) is 3.36. The lowest BCUT2D eigenvalue weighted by Gasteiger charge is -2.61. The van der Waals surface area contributed by atoms with Crippen molar-refractivity contribution in [2.45, 2.75) is 77.0 Å². The molecule has 0 amide bonds. The summed E-state index contributed by atoms with van der Waals surface area (Å²) in [6.45, 7) is 6.60. The van der Waals surface area contributed by atoms with E-state index in [0.29, 0.717) is 23.5 Å². The van der Waals surface area contributed by atoms with E-state index in [4.69, 9.17) is 9.73 Å². The lowest BCUT2D eigenvalue weighted by Crippen LogP contribution is -2.68. The SMILES string of the molecule is CCNC(=NCC1CCCC1O)NC1CC(OCC)C12CCC2. The number of aliphatic hydroxyl groups is 1. The molecule has 0 heterocycles. The van der Waals surface area contributed by atoms with Crippen molar-refractivity contribution in [1.82, 2.24) is 10.6 Å². The van der Waals surface area contributed by atoms with Crippen LogP contribution in [0.2, 0.25) is 0 Å². The Labute approximate surface area is 140 Å². The number of rotatable bonds is 6. The standard InChI is InChI=1S/C18H33N3O2/c1-3-19-17(20-12-13-7-5-8-14(13)22)21-15-11-16(23-4-2)18(15)9-6-10-18/h13-16,22H,3-12H2,1-2H3,(H2,19,20,21). The van der Waals surface area contributed by atoms with Crippen LogP contribution in [0.25, 0.3) is 0 Å². The third-order valence-electron chi connectivity index (χ3n) is 6.20. The number of aliphatic hydroxyl groups excluding tert-OH is 1. The summed E-state index contributed by atoms with van der Waals surface area (Å²) in [7, 11) is 0. The summed E-state index contributed by atoms with van der Waals surface area (Å²) in [6.07, 6.45) is 8.40. The molecule has 0 bridgehead atoms. The molecule has 4 unspecified atom stereocenters. The van der Waals surface area contributed by atoms with Gasteiger partial charge in [0.2, 0.25) is 0 Å². The van der Waals surface area contributed by atoms with E-state index in [1.54, 1.807) is 0 Å². The van der Waals surface area contributed by atoms with E-state index >= 15 is 0 Å². The van der Waals surface area contributed by atoms with Crippen LogP contribution in [0.4, 0.5) is 0 Å². The van der Waals surface area contributed by atoms with Crippen LogP contribution in [-0.4, -0.2) is 49.0 Å². The minimum Gasteiger partial charge on any atom is -0.393 e. The minimum atomic E-state index is -0.161. The van der Waals surface area contributed by atoms with Crippen molar-refractivity contribution in [2.75, 3.05) is 19.7 Å². The molecule has 1 spiro atoms. The lowest BCUT2D eigenvalue weighted by atomic mass is 9.51. The van der Waals surface area contributed by atoms with E-state index in [0.717, 1.165) is 51.3 Å². The van der Waals surface area contributed by atoms with Gasteiger partial charge < -0.3 is 20.5 Å². The Morgan fingerprint density at radius 3 is 2.65 bits per heavy atom. The van der Waals surface area contributed by atoms with Gasteiger partial charge in [0.15, 0.2) is 5.96 Å². The van der Waals surface area contributed by atoms with Gasteiger partial charge in [0, 0.05) is 37.1 Å². The zero-order valence-corrected chi connectivity index (χ0v) is 14.7. The Morgan fingerprint density at radius 2 is 2.09 bits per heavy atom. The highest BCUT2D eigenvalue weighted by molar-refractivity contribution is 5.80. The highest BCUT2D eigenvalue weighted by Gasteiger charge is 2.59. The fraction of sp³-hybridized carbons (Fsp3) is 0.944. The molecule has 0 radical (unpaired) electrons. The van der Waals surface area contributed by atoms with Gasteiger partial charge in [0.1, 0.15) is 0 Å². The largest absolute Gasteiger partial charge is 0.393 e.